The van der Waals surface area contributed by atoms with Gasteiger partial charge in [-0.1, -0.05) is 12.1 Å². The number of para-hydroxylation sites is 2. The molecule has 0 atom stereocenters. The third-order valence-electron chi connectivity index (χ3n) is 5.25. The van der Waals surface area contributed by atoms with Crippen molar-refractivity contribution in [2.75, 3.05) is 19.7 Å². The highest BCUT2D eigenvalue weighted by Crippen LogP contribution is 2.30. The first-order chi connectivity index (χ1) is 14.0. The number of nitrogens with one attached hydrogen (secondary N) is 1. The summed E-state index contributed by atoms with van der Waals surface area (Å²) in [4.78, 5) is 20.0. The molecule has 1 saturated heterocycles. The van der Waals surface area contributed by atoms with E-state index < -0.39 is 16.0 Å². The van der Waals surface area contributed by atoms with Gasteiger partial charge in [0.2, 0.25) is 10.0 Å². The summed E-state index contributed by atoms with van der Waals surface area (Å²) < 4.78 is 32.4. The lowest BCUT2D eigenvalue weighted by molar-refractivity contribution is 0.0526. The van der Waals surface area contributed by atoms with Gasteiger partial charge < -0.3 is 9.72 Å². The highest BCUT2D eigenvalue weighted by Gasteiger charge is 2.31. The van der Waals surface area contributed by atoms with E-state index in [0.29, 0.717) is 31.5 Å². The van der Waals surface area contributed by atoms with Crippen molar-refractivity contribution in [2.24, 2.45) is 0 Å². The summed E-state index contributed by atoms with van der Waals surface area (Å²) in [6, 6.07) is 13.8. The van der Waals surface area contributed by atoms with E-state index in [4.69, 9.17) is 4.74 Å². The zero-order chi connectivity index (χ0) is 20.4. The molecule has 0 bridgehead atoms. The average molecular weight is 413 g/mol. The maximum absolute atomic E-state index is 13.0. The Morgan fingerprint density at radius 3 is 2.48 bits per heavy atom. The van der Waals surface area contributed by atoms with Gasteiger partial charge in [0, 0.05) is 19.0 Å². The lowest BCUT2D eigenvalue weighted by Gasteiger charge is -2.30. The fraction of sp³-hybridized carbons (Fsp3) is 0.333. The highest BCUT2D eigenvalue weighted by atomic mass is 32.2. The van der Waals surface area contributed by atoms with E-state index in [0.717, 1.165) is 16.9 Å². The van der Waals surface area contributed by atoms with Crippen LogP contribution in [0, 0.1) is 0 Å². The average Bonchev–Trinajstić information content (AvgIpc) is 3.18. The molecule has 29 heavy (non-hydrogen) atoms. The van der Waals surface area contributed by atoms with E-state index >= 15 is 0 Å². The van der Waals surface area contributed by atoms with Crippen LogP contribution in [0.5, 0.6) is 0 Å². The number of ether oxygens (including phenoxy) is 1. The van der Waals surface area contributed by atoms with Crippen LogP contribution in [0.1, 0.15) is 41.9 Å². The smallest absolute Gasteiger partial charge is 0.338 e. The topological polar surface area (TPSA) is 92.4 Å². The van der Waals surface area contributed by atoms with Crippen molar-refractivity contribution in [2.45, 2.75) is 30.6 Å². The summed E-state index contributed by atoms with van der Waals surface area (Å²) in [6.07, 6.45) is 1.42. The lowest BCUT2D eigenvalue weighted by Crippen LogP contribution is -2.38. The number of piperidine rings is 1. The molecule has 0 unspecified atom stereocenters. The van der Waals surface area contributed by atoms with E-state index in [-0.39, 0.29) is 17.4 Å². The third kappa shape index (κ3) is 3.90. The number of benzene rings is 2. The normalized spacial score (nSPS) is 16.2. The molecule has 7 nitrogen and oxygen atoms in total. The van der Waals surface area contributed by atoms with Crippen molar-refractivity contribution in [3.8, 4) is 0 Å². The van der Waals surface area contributed by atoms with E-state index in [1.807, 2.05) is 24.3 Å². The minimum atomic E-state index is -3.60. The summed E-state index contributed by atoms with van der Waals surface area (Å²) in [5, 5.41) is 0. The Morgan fingerprint density at radius 1 is 1.14 bits per heavy atom. The Labute approximate surface area is 169 Å². The zero-order valence-corrected chi connectivity index (χ0v) is 17.0. The number of rotatable bonds is 5. The minimum Gasteiger partial charge on any atom is -0.462 e. The fourth-order valence-electron chi connectivity index (χ4n) is 3.66. The first-order valence-electron chi connectivity index (χ1n) is 9.71. The van der Waals surface area contributed by atoms with Gasteiger partial charge in [0.1, 0.15) is 5.82 Å². The summed E-state index contributed by atoms with van der Waals surface area (Å²) in [6.45, 7) is 2.87. The number of nitrogens with zero attached hydrogens (tertiary/aromatic N) is 2. The number of hydrogen-bond donors (Lipinski definition) is 1. The fourth-order valence-corrected chi connectivity index (χ4v) is 5.13. The van der Waals surface area contributed by atoms with Crippen LogP contribution in [0.25, 0.3) is 11.0 Å². The predicted octanol–water partition coefficient (Wildman–Crippen LogP) is 3.31. The quantitative estimate of drug-likeness (QED) is 0.648. The van der Waals surface area contributed by atoms with Gasteiger partial charge in [-0.3, -0.25) is 0 Å². The van der Waals surface area contributed by atoms with Crippen LogP contribution >= 0.6 is 0 Å². The number of aromatic nitrogens is 2. The Kier molecular flexibility index (Phi) is 5.38. The number of H-pyrrole nitrogens is 1. The van der Waals surface area contributed by atoms with Crippen molar-refractivity contribution in [1.82, 2.24) is 14.3 Å². The highest BCUT2D eigenvalue weighted by molar-refractivity contribution is 7.89. The summed E-state index contributed by atoms with van der Waals surface area (Å²) in [5.74, 6) is 0.671. The molecule has 0 radical (unpaired) electrons. The predicted molar refractivity (Wildman–Crippen MR) is 109 cm³/mol. The van der Waals surface area contributed by atoms with E-state index in [1.165, 1.54) is 28.6 Å². The molecule has 0 amide bonds. The first kappa shape index (κ1) is 19.6. The van der Waals surface area contributed by atoms with Gasteiger partial charge in [-0.25, -0.2) is 18.2 Å². The van der Waals surface area contributed by atoms with E-state index in [2.05, 4.69) is 9.97 Å². The molecule has 0 aliphatic carbocycles. The number of esters is 1. The minimum absolute atomic E-state index is 0.188. The third-order valence-corrected chi connectivity index (χ3v) is 7.16. The van der Waals surface area contributed by atoms with Gasteiger partial charge in [-0.05, 0) is 56.2 Å². The van der Waals surface area contributed by atoms with Crippen molar-refractivity contribution in [1.29, 1.82) is 0 Å². The number of aromatic amines is 1. The molecule has 1 fully saturated rings. The maximum atomic E-state index is 13.0. The largest absolute Gasteiger partial charge is 0.462 e. The van der Waals surface area contributed by atoms with E-state index in [1.54, 1.807) is 6.92 Å². The van der Waals surface area contributed by atoms with Crippen LogP contribution in [0.3, 0.4) is 0 Å². The van der Waals surface area contributed by atoms with Crippen molar-refractivity contribution in [3.05, 3.63) is 59.9 Å². The van der Waals surface area contributed by atoms with Crippen molar-refractivity contribution in [3.63, 3.8) is 0 Å². The Morgan fingerprint density at radius 2 is 1.83 bits per heavy atom. The molecule has 4 rings (SSSR count). The second kappa shape index (κ2) is 7.96. The van der Waals surface area contributed by atoms with E-state index in [9.17, 15) is 13.2 Å². The number of carbonyl (C=O) groups is 1. The molecular formula is C21H23N3O4S. The Hall–Kier alpha value is -2.71. The van der Waals surface area contributed by atoms with Crippen LogP contribution in [0.15, 0.2) is 53.4 Å². The maximum Gasteiger partial charge on any atom is 0.338 e. The monoisotopic (exact) mass is 413 g/mol. The van der Waals surface area contributed by atoms with Crippen LogP contribution < -0.4 is 0 Å². The number of imidazole rings is 1. The molecule has 3 aromatic rings. The van der Waals surface area contributed by atoms with Crippen LogP contribution in [-0.2, 0) is 14.8 Å². The molecule has 1 aliphatic rings. The standard InChI is InChI=1S/C21H23N3O4S/c1-2-28-21(25)16-7-9-17(10-8-16)29(26,27)24-13-11-15(12-14-24)20-22-18-5-3-4-6-19(18)23-20/h3-10,15H,2,11-14H2,1H3,(H,22,23). The SMILES string of the molecule is CCOC(=O)c1ccc(S(=O)(=O)N2CCC(c3nc4ccccc4[nH]3)CC2)cc1. The summed E-state index contributed by atoms with van der Waals surface area (Å²) in [5.41, 5.74) is 2.27. The van der Waals surface area contributed by atoms with Gasteiger partial charge in [0.15, 0.2) is 0 Å². The van der Waals surface area contributed by atoms with Gasteiger partial charge in [0.25, 0.3) is 0 Å². The second-order valence-electron chi connectivity index (χ2n) is 7.06. The molecule has 0 saturated carbocycles. The Balaban J connectivity index is 1.45. The molecule has 2 heterocycles. The number of carbonyl (C=O) groups excluding carboxylic acids is 1. The molecular weight excluding hydrogens is 390 g/mol. The lowest BCUT2D eigenvalue weighted by atomic mass is 9.97. The zero-order valence-electron chi connectivity index (χ0n) is 16.2. The summed E-state index contributed by atoms with van der Waals surface area (Å²) in [7, 11) is -3.60. The van der Waals surface area contributed by atoms with Crippen LogP contribution in [0.2, 0.25) is 0 Å². The second-order valence-corrected chi connectivity index (χ2v) is 9.00. The van der Waals surface area contributed by atoms with Crippen molar-refractivity contribution < 1.29 is 17.9 Å². The molecule has 1 N–H and O–H groups in total. The van der Waals surface area contributed by atoms with Gasteiger partial charge >= 0.3 is 5.97 Å². The molecule has 1 aromatic heterocycles. The number of fused-ring (bicyclic) bond motifs is 1. The first-order valence-corrected chi connectivity index (χ1v) is 11.1. The van der Waals surface area contributed by atoms with Crippen LogP contribution in [-0.4, -0.2) is 48.4 Å². The molecule has 1 aliphatic heterocycles. The molecule has 2 aromatic carbocycles. The summed E-state index contributed by atoms with van der Waals surface area (Å²) >= 11 is 0. The molecule has 0 spiro atoms. The van der Waals surface area contributed by atoms with Crippen LogP contribution in [0.4, 0.5) is 0 Å². The number of sulfonamides is 1. The number of hydrogen-bond acceptors (Lipinski definition) is 5. The van der Waals surface area contributed by atoms with Gasteiger partial charge in [-0.15, -0.1) is 0 Å². The van der Waals surface area contributed by atoms with Crippen molar-refractivity contribution >= 4 is 27.0 Å². The molecule has 152 valence electrons. The Bertz CT molecular complexity index is 1080. The van der Waals surface area contributed by atoms with Gasteiger partial charge in [-0.2, -0.15) is 4.31 Å². The molecule has 8 heteroatoms. The van der Waals surface area contributed by atoms with Gasteiger partial charge in [0.05, 0.1) is 28.1 Å².